The fraction of sp³-hybridized carbons (Fsp3) is 0.483. The molecule has 2 aromatic rings. The number of carbonyl (C=O) groups is 3. The van der Waals surface area contributed by atoms with Gasteiger partial charge in [-0.15, -0.1) is 0 Å². The Morgan fingerprint density at radius 1 is 1.20 bits per heavy atom. The number of aromatic nitrogens is 1. The molecule has 0 spiro atoms. The van der Waals surface area contributed by atoms with Gasteiger partial charge in [0.15, 0.2) is 6.19 Å². The van der Waals surface area contributed by atoms with Crippen LogP contribution in [0.15, 0.2) is 48.8 Å². The van der Waals surface area contributed by atoms with E-state index >= 15 is 0 Å². The van der Waals surface area contributed by atoms with Crippen molar-refractivity contribution in [3.63, 3.8) is 0 Å². The molecular weight excluding hydrogens is 512 g/mol. The van der Waals surface area contributed by atoms with Gasteiger partial charge in [-0.1, -0.05) is 39.0 Å². The van der Waals surface area contributed by atoms with E-state index in [9.17, 15) is 24.8 Å². The van der Waals surface area contributed by atoms with E-state index in [-0.39, 0.29) is 30.8 Å². The highest BCUT2D eigenvalue weighted by molar-refractivity contribution is 6.04. The Hall–Kier alpha value is -4.01. The SMILES string of the molecule is CC(C)(C)c1ccc(N(C(=O)C2CC(O)CN2C#N)C(C(=O)NCC(=O)N2CCOCC2)c2cccnc2)cc1. The van der Waals surface area contributed by atoms with Gasteiger partial charge in [0.2, 0.25) is 11.8 Å². The molecule has 3 heterocycles. The van der Waals surface area contributed by atoms with Gasteiger partial charge in [-0.25, -0.2) is 0 Å². The monoisotopic (exact) mass is 548 g/mol. The van der Waals surface area contributed by atoms with Crippen molar-refractivity contribution in [1.82, 2.24) is 20.1 Å². The van der Waals surface area contributed by atoms with Gasteiger partial charge >= 0.3 is 0 Å². The van der Waals surface area contributed by atoms with E-state index in [0.717, 1.165) is 5.56 Å². The van der Waals surface area contributed by atoms with E-state index in [1.807, 2.05) is 18.3 Å². The number of aliphatic hydroxyl groups excluding tert-OH is 1. The number of pyridine rings is 1. The number of β-amino-alcohol motifs (C(OH)–C–C–N with tert-alkyl or cyclic N) is 1. The first kappa shape index (κ1) is 29.0. The van der Waals surface area contributed by atoms with Gasteiger partial charge in [0.1, 0.15) is 12.1 Å². The van der Waals surface area contributed by atoms with Crippen LogP contribution in [-0.4, -0.2) is 89.2 Å². The molecule has 11 heteroatoms. The average molecular weight is 549 g/mol. The molecule has 40 heavy (non-hydrogen) atoms. The van der Waals surface area contributed by atoms with Gasteiger partial charge in [-0.3, -0.25) is 29.2 Å². The number of nitrogens with zero attached hydrogens (tertiary/aromatic N) is 5. The Labute approximate surface area is 234 Å². The summed E-state index contributed by atoms with van der Waals surface area (Å²) in [5, 5.41) is 22.7. The number of hydrogen-bond acceptors (Lipinski definition) is 8. The molecule has 0 aliphatic carbocycles. The number of amides is 3. The summed E-state index contributed by atoms with van der Waals surface area (Å²) in [5.41, 5.74) is 1.78. The minimum Gasteiger partial charge on any atom is -0.391 e. The molecule has 0 saturated carbocycles. The van der Waals surface area contributed by atoms with Crippen molar-refractivity contribution in [1.29, 1.82) is 5.26 Å². The second kappa shape index (κ2) is 12.4. The van der Waals surface area contributed by atoms with Gasteiger partial charge in [-0.05, 0) is 29.2 Å². The van der Waals surface area contributed by atoms with Crippen molar-refractivity contribution in [2.45, 2.75) is 50.8 Å². The number of benzene rings is 1. The van der Waals surface area contributed by atoms with Crippen molar-refractivity contribution < 1.29 is 24.2 Å². The molecule has 1 aromatic heterocycles. The molecule has 2 aliphatic rings. The fourth-order valence-electron chi connectivity index (χ4n) is 4.98. The van der Waals surface area contributed by atoms with Crippen LogP contribution in [0.2, 0.25) is 0 Å². The van der Waals surface area contributed by atoms with Crippen LogP contribution in [0, 0.1) is 11.5 Å². The zero-order chi connectivity index (χ0) is 28.9. The molecule has 0 bridgehead atoms. The molecule has 0 radical (unpaired) electrons. The Morgan fingerprint density at radius 3 is 2.50 bits per heavy atom. The summed E-state index contributed by atoms with van der Waals surface area (Å²) >= 11 is 0. The lowest BCUT2D eigenvalue weighted by atomic mass is 9.87. The number of aliphatic hydroxyl groups is 1. The summed E-state index contributed by atoms with van der Waals surface area (Å²) in [6.45, 7) is 7.78. The molecule has 2 N–H and O–H groups in total. The smallest absolute Gasteiger partial charge is 0.251 e. The number of anilines is 1. The van der Waals surface area contributed by atoms with E-state index < -0.39 is 30.0 Å². The Morgan fingerprint density at radius 2 is 1.90 bits per heavy atom. The largest absolute Gasteiger partial charge is 0.391 e. The van der Waals surface area contributed by atoms with Crippen LogP contribution in [0.4, 0.5) is 5.69 Å². The third kappa shape index (κ3) is 6.58. The van der Waals surface area contributed by atoms with E-state index in [0.29, 0.717) is 37.6 Å². The minimum atomic E-state index is -1.18. The molecule has 3 atom stereocenters. The van der Waals surface area contributed by atoms with Gasteiger partial charge in [0.05, 0.1) is 32.4 Å². The molecule has 4 rings (SSSR count). The van der Waals surface area contributed by atoms with Crippen molar-refractivity contribution >= 4 is 23.4 Å². The molecule has 2 aliphatic heterocycles. The Balaban J connectivity index is 1.72. The summed E-state index contributed by atoms with van der Waals surface area (Å²) in [5.74, 6) is -1.32. The van der Waals surface area contributed by atoms with Gasteiger partial charge in [0, 0.05) is 43.2 Å². The molecule has 2 saturated heterocycles. The average Bonchev–Trinajstić information content (AvgIpc) is 3.35. The fourth-order valence-corrected chi connectivity index (χ4v) is 4.98. The zero-order valence-corrected chi connectivity index (χ0v) is 23.1. The summed E-state index contributed by atoms with van der Waals surface area (Å²) < 4.78 is 5.30. The third-order valence-electron chi connectivity index (χ3n) is 7.23. The highest BCUT2D eigenvalue weighted by atomic mass is 16.5. The summed E-state index contributed by atoms with van der Waals surface area (Å²) in [6.07, 6.45) is 4.27. The molecule has 3 amide bonds. The molecule has 212 valence electrons. The number of hydrogen-bond donors (Lipinski definition) is 2. The van der Waals surface area contributed by atoms with Crippen molar-refractivity contribution in [3.05, 3.63) is 59.9 Å². The van der Waals surface area contributed by atoms with E-state index in [1.54, 1.807) is 35.4 Å². The summed E-state index contributed by atoms with van der Waals surface area (Å²) in [6, 6.07) is 8.58. The standard InChI is InChI=1S/C29H36N6O5/c1-29(2,3)21-6-8-22(9-7-21)35(28(39)24-15-23(36)18-34(24)19-30)26(20-5-4-10-31-16-20)27(38)32-17-25(37)33-11-13-40-14-12-33/h4-10,16,23-24,26,36H,11-15,17-18H2,1-3H3,(H,32,38). The third-order valence-corrected chi connectivity index (χ3v) is 7.23. The minimum absolute atomic E-state index is 0.0293. The van der Waals surface area contributed by atoms with Crippen molar-refractivity contribution in [3.8, 4) is 6.19 Å². The van der Waals surface area contributed by atoms with E-state index in [4.69, 9.17) is 4.74 Å². The van der Waals surface area contributed by atoms with Gasteiger partial charge in [0.25, 0.3) is 5.91 Å². The van der Waals surface area contributed by atoms with Crippen LogP contribution in [0.3, 0.4) is 0 Å². The van der Waals surface area contributed by atoms with E-state index in [2.05, 4.69) is 31.1 Å². The Kier molecular flexibility index (Phi) is 9.02. The maximum Gasteiger partial charge on any atom is 0.251 e. The molecule has 1 aromatic carbocycles. The number of morpholine rings is 1. The number of likely N-dealkylation sites (tertiary alicyclic amines) is 1. The lowest BCUT2D eigenvalue weighted by molar-refractivity contribution is -0.136. The first-order valence-electron chi connectivity index (χ1n) is 13.4. The van der Waals surface area contributed by atoms with Crippen molar-refractivity contribution in [2.24, 2.45) is 0 Å². The topological polar surface area (TPSA) is 139 Å². The number of carbonyl (C=O) groups excluding carboxylic acids is 3. The summed E-state index contributed by atoms with van der Waals surface area (Å²) in [7, 11) is 0. The molecule has 3 unspecified atom stereocenters. The lowest BCUT2D eigenvalue weighted by Gasteiger charge is -2.34. The van der Waals surface area contributed by atoms with Crippen LogP contribution in [-0.2, 0) is 24.5 Å². The quantitative estimate of drug-likeness (QED) is 0.495. The number of rotatable bonds is 7. The van der Waals surface area contributed by atoms with Crippen LogP contribution >= 0.6 is 0 Å². The highest BCUT2D eigenvalue weighted by Crippen LogP contribution is 2.33. The maximum absolute atomic E-state index is 14.2. The highest BCUT2D eigenvalue weighted by Gasteiger charge is 2.43. The second-order valence-corrected chi connectivity index (χ2v) is 11.1. The zero-order valence-electron chi connectivity index (χ0n) is 23.1. The predicted molar refractivity (Wildman–Crippen MR) is 147 cm³/mol. The summed E-state index contributed by atoms with van der Waals surface area (Å²) in [4.78, 5) is 49.2. The Bertz CT molecular complexity index is 1230. The number of nitriles is 1. The van der Waals surface area contributed by atoms with Crippen LogP contribution < -0.4 is 10.2 Å². The van der Waals surface area contributed by atoms with Crippen LogP contribution in [0.5, 0.6) is 0 Å². The van der Waals surface area contributed by atoms with E-state index in [1.165, 1.54) is 16.0 Å². The second-order valence-electron chi connectivity index (χ2n) is 11.1. The molecular formula is C29H36N6O5. The normalized spacial score (nSPS) is 20.0. The first-order valence-corrected chi connectivity index (χ1v) is 13.4. The van der Waals surface area contributed by atoms with Gasteiger partial charge < -0.3 is 20.1 Å². The van der Waals surface area contributed by atoms with Crippen molar-refractivity contribution in [2.75, 3.05) is 44.3 Å². The number of nitrogens with one attached hydrogen (secondary N) is 1. The van der Waals surface area contributed by atoms with Gasteiger partial charge in [-0.2, -0.15) is 5.26 Å². The molecule has 11 nitrogen and oxygen atoms in total. The number of ether oxygens (including phenoxy) is 1. The first-order chi connectivity index (χ1) is 19.1. The lowest BCUT2D eigenvalue weighted by Crippen LogP contribution is -2.52. The van der Waals surface area contributed by atoms with Crippen LogP contribution in [0.25, 0.3) is 0 Å². The maximum atomic E-state index is 14.2. The molecule has 2 fully saturated rings. The predicted octanol–water partition coefficient (Wildman–Crippen LogP) is 1.34. The van der Waals surface area contributed by atoms with Crippen LogP contribution in [0.1, 0.15) is 44.4 Å².